The number of aryl methyl sites for hydroxylation is 1. The van der Waals surface area contributed by atoms with Crippen LogP contribution in [0.4, 0.5) is 13.2 Å². The van der Waals surface area contributed by atoms with Gasteiger partial charge in [0, 0.05) is 24.9 Å². The van der Waals surface area contributed by atoms with Crippen molar-refractivity contribution in [1.82, 2.24) is 14.7 Å². The number of rotatable bonds is 4. The lowest BCUT2D eigenvalue weighted by Gasteiger charge is -2.38. The molecule has 184 valence electrons. The summed E-state index contributed by atoms with van der Waals surface area (Å²) >= 11 is 0. The smallest absolute Gasteiger partial charge is 0.416 e. The predicted molar refractivity (Wildman–Crippen MR) is 122 cm³/mol. The first-order valence-corrected chi connectivity index (χ1v) is 11.6. The zero-order chi connectivity index (χ0) is 24.9. The van der Waals surface area contributed by atoms with Crippen LogP contribution in [-0.4, -0.2) is 44.9 Å². The van der Waals surface area contributed by atoms with Gasteiger partial charge in [-0.25, -0.2) is 4.68 Å². The number of carbonyl (C=O) groups is 1. The number of amides is 1. The van der Waals surface area contributed by atoms with Crippen LogP contribution in [0.2, 0.25) is 0 Å². The van der Waals surface area contributed by atoms with Crippen molar-refractivity contribution in [3.8, 4) is 11.4 Å². The molecule has 3 aromatic rings. The van der Waals surface area contributed by atoms with Gasteiger partial charge in [-0.3, -0.25) is 4.79 Å². The number of phenols is 1. The first-order valence-electron chi connectivity index (χ1n) is 11.6. The fraction of sp³-hybridized carbons (Fsp3) is 0.385. The van der Waals surface area contributed by atoms with Gasteiger partial charge in [-0.15, -0.1) is 0 Å². The van der Waals surface area contributed by atoms with Gasteiger partial charge in [0.2, 0.25) is 0 Å². The van der Waals surface area contributed by atoms with Crippen molar-refractivity contribution in [3.05, 3.63) is 76.6 Å². The van der Waals surface area contributed by atoms with E-state index in [0.29, 0.717) is 16.8 Å². The summed E-state index contributed by atoms with van der Waals surface area (Å²) in [6.45, 7) is 1.88. The third kappa shape index (κ3) is 4.18. The number of aromatic hydroxyl groups is 1. The van der Waals surface area contributed by atoms with Crippen molar-refractivity contribution < 1.29 is 27.8 Å². The van der Waals surface area contributed by atoms with Crippen LogP contribution in [0.3, 0.4) is 0 Å². The average Bonchev–Trinajstić information content (AvgIpc) is 3.38. The van der Waals surface area contributed by atoms with Gasteiger partial charge >= 0.3 is 6.18 Å². The molecule has 1 amide bonds. The van der Waals surface area contributed by atoms with E-state index in [1.807, 2.05) is 6.92 Å². The number of methoxy groups -OCH3 is 1. The summed E-state index contributed by atoms with van der Waals surface area (Å²) in [7, 11) is 1.68. The molecule has 0 bridgehead atoms. The molecular weight excluding hydrogens is 459 g/mol. The second-order valence-corrected chi connectivity index (χ2v) is 9.27. The maximum Gasteiger partial charge on any atom is 0.416 e. The highest BCUT2D eigenvalue weighted by Crippen LogP contribution is 2.43. The van der Waals surface area contributed by atoms with Crippen LogP contribution in [0.25, 0.3) is 5.69 Å². The molecule has 1 N–H and O–H groups in total. The second-order valence-electron chi connectivity index (χ2n) is 9.27. The van der Waals surface area contributed by atoms with Crippen LogP contribution in [0, 0.1) is 6.92 Å². The standard InChI is InChI=1S/C26H26F3N3O3/c1-15-3-12-22(33)21(13-15)31-14-20-23(30-31)25(34)32(18-8-10-19(35-2)11-9-18)24(20)16-4-6-17(7-5-16)26(27,28)29/h3-7,12-14,18-19,24,33H,8-11H2,1-2H3. The second kappa shape index (κ2) is 8.71. The number of halogens is 3. The van der Waals surface area contributed by atoms with E-state index < -0.39 is 17.8 Å². The number of nitrogens with zero attached hydrogens (tertiary/aromatic N) is 3. The molecule has 2 aromatic carbocycles. The van der Waals surface area contributed by atoms with Gasteiger partial charge in [0.15, 0.2) is 5.69 Å². The molecule has 2 heterocycles. The molecule has 9 heteroatoms. The maximum absolute atomic E-state index is 13.6. The van der Waals surface area contributed by atoms with Crippen LogP contribution >= 0.6 is 0 Å². The molecule has 35 heavy (non-hydrogen) atoms. The third-order valence-electron chi connectivity index (χ3n) is 7.05. The van der Waals surface area contributed by atoms with Crippen molar-refractivity contribution in [1.29, 1.82) is 0 Å². The number of benzene rings is 2. The molecule has 1 fully saturated rings. The maximum atomic E-state index is 13.6. The number of alkyl halides is 3. The van der Waals surface area contributed by atoms with Crippen molar-refractivity contribution in [3.63, 3.8) is 0 Å². The monoisotopic (exact) mass is 485 g/mol. The third-order valence-corrected chi connectivity index (χ3v) is 7.05. The fourth-order valence-corrected chi connectivity index (χ4v) is 5.21. The summed E-state index contributed by atoms with van der Waals surface area (Å²) in [6.07, 6.45) is 0.490. The van der Waals surface area contributed by atoms with E-state index in [9.17, 15) is 23.1 Å². The Labute approximate surface area is 200 Å². The van der Waals surface area contributed by atoms with Crippen molar-refractivity contribution in [2.45, 2.75) is 57.0 Å². The minimum Gasteiger partial charge on any atom is -0.506 e. The number of hydrogen-bond donors (Lipinski definition) is 1. The Bertz CT molecular complexity index is 1240. The van der Waals surface area contributed by atoms with Crippen molar-refractivity contribution >= 4 is 5.91 Å². The molecule has 0 radical (unpaired) electrons. The zero-order valence-corrected chi connectivity index (χ0v) is 19.4. The van der Waals surface area contributed by atoms with Gasteiger partial charge in [-0.1, -0.05) is 18.2 Å². The number of hydrogen-bond acceptors (Lipinski definition) is 4. The fourth-order valence-electron chi connectivity index (χ4n) is 5.21. The summed E-state index contributed by atoms with van der Waals surface area (Å²) in [4.78, 5) is 15.4. The summed E-state index contributed by atoms with van der Waals surface area (Å²) in [6, 6.07) is 9.43. The van der Waals surface area contributed by atoms with E-state index in [-0.39, 0.29) is 29.5 Å². The van der Waals surface area contributed by atoms with E-state index in [1.54, 1.807) is 36.4 Å². The Morgan fingerprint density at radius 2 is 1.74 bits per heavy atom. The van der Waals surface area contributed by atoms with E-state index in [2.05, 4.69) is 5.10 Å². The lowest BCUT2D eigenvalue weighted by molar-refractivity contribution is -0.137. The summed E-state index contributed by atoms with van der Waals surface area (Å²) in [5.41, 5.74) is 2.07. The molecule has 5 rings (SSSR count). The average molecular weight is 486 g/mol. The topological polar surface area (TPSA) is 67.6 Å². The molecule has 0 spiro atoms. The highest BCUT2D eigenvalue weighted by Gasteiger charge is 2.45. The van der Waals surface area contributed by atoms with Crippen LogP contribution in [-0.2, 0) is 10.9 Å². The van der Waals surface area contributed by atoms with Crippen LogP contribution in [0.1, 0.15) is 64.5 Å². The molecule has 1 unspecified atom stereocenters. The predicted octanol–water partition coefficient (Wildman–Crippen LogP) is 5.41. The Hall–Kier alpha value is -3.33. The van der Waals surface area contributed by atoms with Crippen LogP contribution in [0.5, 0.6) is 5.75 Å². The van der Waals surface area contributed by atoms with Crippen molar-refractivity contribution in [2.24, 2.45) is 0 Å². The number of ether oxygens (including phenoxy) is 1. The lowest BCUT2D eigenvalue weighted by Crippen LogP contribution is -2.42. The van der Waals surface area contributed by atoms with Crippen molar-refractivity contribution in [2.75, 3.05) is 7.11 Å². The summed E-state index contributed by atoms with van der Waals surface area (Å²) in [5, 5.41) is 14.9. The molecular formula is C26H26F3N3O3. The minimum absolute atomic E-state index is 0.0186. The molecule has 1 aliphatic carbocycles. The Balaban J connectivity index is 1.57. The van der Waals surface area contributed by atoms with E-state index >= 15 is 0 Å². The number of aromatic nitrogens is 2. The molecule has 1 atom stereocenters. The SMILES string of the molecule is COC1CCC(N2C(=O)c3nn(-c4cc(C)ccc4O)cc3C2c2ccc(C(F)(F)F)cc2)CC1. The Morgan fingerprint density at radius 3 is 2.37 bits per heavy atom. The molecule has 1 saturated carbocycles. The van der Waals surface area contributed by atoms with E-state index in [1.165, 1.54) is 16.8 Å². The molecule has 1 aliphatic heterocycles. The minimum atomic E-state index is -4.44. The molecule has 1 aromatic heterocycles. The van der Waals surface area contributed by atoms with Crippen LogP contribution < -0.4 is 0 Å². The first-order chi connectivity index (χ1) is 16.7. The Morgan fingerprint density at radius 1 is 1.06 bits per heavy atom. The van der Waals surface area contributed by atoms with Gasteiger partial charge in [0.05, 0.1) is 17.7 Å². The van der Waals surface area contributed by atoms with Gasteiger partial charge in [0.25, 0.3) is 5.91 Å². The van der Waals surface area contributed by atoms with Gasteiger partial charge in [-0.2, -0.15) is 18.3 Å². The highest BCUT2D eigenvalue weighted by molar-refractivity contribution is 5.98. The lowest BCUT2D eigenvalue weighted by atomic mass is 9.90. The summed E-state index contributed by atoms with van der Waals surface area (Å²) in [5.74, 6) is -0.235. The van der Waals surface area contributed by atoms with E-state index in [0.717, 1.165) is 43.4 Å². The molecule has 0 saturated heterocycles. The zero-order valence-electron chi connectivity index (χ0n) is 19.4. The number of phenolic OH excluding ortho intramolecular Hbond substituents is 1. The largest absolute Gasteiger partial charge is 0.506 e. The number of fused-ring (bicyclic) bond motifs is 1. The van der Waals surface area contributed by atoms with Gasteiger partial charge in [-0.05, 0) is 68.0 Å². The highest BCUT2D eigenvalue weighted by atomic mass is 19.4. The van der Waals surface area contributed by atoms with E-state index in [4.69, 9.17) is 4.74 Å². The number of carbonyl (C=O) groups excluding carboxylic acids is 1. The van der Waals surface area contributed by atoms with Gasteiger partial charge in [0.1, 0.15) is 11.4 Å². The molecule has 2 aliphatic rings. The normalized spacial score (nSPS) is 22.5. The van der Waals surface area contributed by atoms with Crippen LogP contribution in [0.15, 0.2) is 48.7 Å². The first kappa shape index (κ1) is 23.4. The molecule has 6 nitrogen and oxygen atoms in total. The van der Waals surface area contributed by atoms with Gasteiger partial charge < -0.3 is 14.7 Å². The quantitative estimate of drug-likeness (QED) is 0.537. The summed E-state index contributed by atoms with van der Waals surface area (Å²) < 4.78 is 46.5. The Kier molecular flexibility index (Phi) is 5.83.